The summed E-state index contributed by atoms with van der Waals surface area (Å²) < 4.78 is 10.6. The van der Waals surface area contributed by atoms with Gasteiger partial charge in [-0.2, -0.15) is 0 Å². The molecule has 23 heavy (non-hydrogen) atoms. The van der Waals surface area contributed by atoms with Crippen LogP contribution in [0.25, 0.3) is 0 Å². The van der Waals surface area contributed by atoms with Crippen molar-refractivity contribution in [1.82, 2.24) is 5.32 Å². The van der Waals surface area contributed by atoms with Gasteiger partial charge in [-0.15, -0.1) is 24.0 Å². The number of hydrogen-bond acceptors (Lipinski definition) is 3. The van der Waals surface area contributed by atoms with Crippen LogP contribution in [0.2, 0.25) is 0 Å². The van der Waals surface area contributed by atoms with Crippen LogP contribution >= 0.6 is 24.0 Å². The number of hydrogen-bond donors (Lipinski definition) is 2. The number of nitrogens with one attached hydrogen (secondary N) is 1. The van der Waals surface area contributed by atoms with E-state index in [4.69, 9.17) is 15.2 Å². The van der Waals surface area contributed by atoms with Crippen molar-refractivity contribution in [2.75, 3.05) is 27.3 Å². The van der Waals surface area contributed by atoms with Crippen molar-refractivity contribution >= 4 is 29.9 Å². The first-order chi connectivity index (χ1) is 10.7. The normalized spacial score (nSPS) is 14.6. The molecule has 0 saturated heterocycles. The summed E-state index contributed by atoms with van der Waals surface area (Å²) in [5, 5.41) is 3.18. The highest BCUT2D eigenvalue weighted by molar-refractivity contribution is 14.0. The van der Waals surface area contributed by atoms with Crippen LogP contribution in [0.4, 0.5) is 0 Å². The van der Waals surface area contributed by atoms with E-state index in [0.717, 1.165) is 43.3 Å². The van der Waals surface area contributed by atoms with Crippen LogP contribution in [-0.2, 0) is 6.42 Å². The molecule has 0 bridgehead atoms. The fourth-order valence-electron chi connectivity index (χ4n) is 2.50. The van der Waals surface area contributed by atoms with Crippen molar-refractivity contribution in [3.63, 3.8) is 0 Å². The first-order valence-electron chi connectivity index (χ1n) is 7.97. The van der Waals surface area contributed by atoms with Gasteiger partial charge in [-0.3, -0.25) is 4.99 Å². The van der Waals surface area contributed by atoms with Crippen molar-refractivity contribution in [2.45, 2.75) is 32.1 Å². The molecule has 130 valence electrons. The zero-order valence-corrected chi connectivity index (χ0v) is 16.3. The molecule has 6 heteroatoms. The number of guanidine groups is 1. The Balaban J connectivity index is 0.00000264. The summed E-state index contributed by atoms with van der Waals surface area (Å²) in [6.45, 7) is 1.70. The molecule has 0 heterocycles. The third kappa shape index (κ3) is 6.45. The molecule has 0 radical (unpaired) electrons. The highest BCUT2D eigenvalue weighted by Gasteiger charge is 2.16. The number of aliphatic imine (C=N–C) groups is 1. The van der Waals surface area contributed by atoms with Crippen molar-refractivity contribution in [3.8, 4) is 11.5 Å². The van der Waals surface area contributed by atoms with Gasteiger partial charge in [0.1, 0.15) is 0 Å². The molecule has 0 unspecified atom stereocenters. The van der Waals surface area contributed by atoms with E-state index in [1.807, 2.05) is 12.1 Å². The lowest BCUT2D eigenvalue weighted by Crippen LogP contribution is -2.33. The molecule has 1 fully saturated rings. The van der Waals surface area contributed by atoms with Gasteiger partial charge in [-0.25, -0.2) is 0 Å². The van der Waals surface area contributed by atoms with E-state index in [9.17, 15) is 0 Å². The number of methoxy groups -OCH3 is 2. The lowest BCUT2D eigenvalue weighted by molar-refractivity contribution is 0.326. The van der Waals surface area contributed by atoms with Gasteiger partial charge < -0.3 is 20.5 Å². The predicted octanol–water partition coefficient (Wildman–Crippen LogP) is 2.96. The Bertz CT molecular complexity index is 505. The van der Waals surface area contributed by atoms with Crippen LogP contribution in [0, 0.1) is 5.92 Å². The molecule has 2 rings (SSSR count). The minimum absolute atomic E-state index is 0. The first kappa shape index (κ1) is 19.9. The fraction of sp³-hybridized carbons (Fsp3) is 0.588. The van der Waals surface area contributed by atoms with E-state index in [-0.39, 0.29) is 24.0 Å². The average Bonchev–Trinajstić information content (AvgIpc) is 2.49. The summed E-state index contributed by atoms with van der Waals surface area (Å²) in [5.74, 6) is 2.86. The van der Waals surface area contributed by atoms with Gasteiger partial charge in [0.2, 0.25) is 0 Å². The van der Waals surface area contributed by atoms with Crippen LogP contribution in [0.5, 0.6) is 11.5 Å². The molecular weight excluding hydrogens is 405 g/mol. The van der Waals surface area contributed by atoms with Crippen molar-refractivity contribution in [3.05, 3.63) is 23.8 Å². The van der Waals surface area contributed by atoms with E-state index in [1.54, 1.807) is 14.2 Å². The monoisotopic (exact) mass is 433 g/mol. The minimum atomic E-state index is 0. The molecule has 1 aliphatic rings. The molecule has 0 atom stereocenters. The molecule has 0 amide bonds. The Labute approximate surface area is 156 Å². The van der Waals surface area contributed by atoms with E-state index >= 15 is 0 Å². The lowest BCUT2D eigenvalue weighted by Gasteiger charge is -2.23. The fourth-order valence-corrected chi connectivity index (χ4v) is 2.50. The Kier molecular flexibility index (Phi) is 9.13. The van der Waals surface area contributed by atoms with Gasteiger partial charge in [-0.05, 0) is 49.3 Å². The summed E-state index contributed by atoms with van der Waals surface area (Å²) in [7, 11) is 3.30. The molecular formula is C17H28IN3O2. The largest absolute Gasteiger partial charge is 0.493 e. The maximum Gasteiger partial charge on any atom is 0.188 e. The van der Waals surface area contributed by atoms with Crippen LogP contribution in [0.3, 0.4) is 0 Å². The van der Waals surface area contributed by atoms with E-state index < -0.39 is 0 Å². The standard InChI is InChI=1S/C17H27N3O2.HI/c1-21-15-9-8-13(11-16(15)22-2)7-4-10-19-17(18)20-12-14-5-3-6-14;/h8-9,11,14H,3-7,10,12H2,1-2H3,(H3,18,19,20);1H. The van der Waals surface area contributed by atoms with Crippen LogP contribution in [0.1, 0.15) is 31.2 Å². The molecule has 1 aromatic rings. The number of benzene rings is 1. The third-order valence-corrected chi connectivity index (χ3v) is 4.14. The summed E-state index contributed by atoms with van der Waals surface area (Å²) in [6.07, 6.45) is 5.91. The van der Waals surface area contributed by atoms with Gasteiger partial charge in [-0.1, -0.05) is 12.5 Å². The maximum absolute atomic E-state index is 5.87. The quantitative estimate of drug-likeness (QED) is 0.286. The predicted molar refractivity (Wildman–Crippen MR) is 105 cm³/mol. The van der Waals surface area contributed by atoms with Gasteiger partial charge in [0.05, 0.1) is 14.2 Å². The Morgan fingerprint density at radius 1 is 1.26 bits per heavy atom. The molecule has 1 aliphatic carbocycles. The number of rotatable bonds is 8. The number of ether oxygens (including phenoxy) is 2. The maximum atomic E-state index is 5.87. The van der Waals surface area contributed by atoms with Crippen LogP contribution in [-0.4, -0.2) is 33.3 Å². The zero-order chi connectivity index (χ0) is 15.8. The molecule has 0 aliphatic heterocycles. The second kappa shape index (κ2) is 10.6. The van der Waals surface area contributed by atoms with Crippen molar-refractivity contribution in [1.29, 1.82) is 0 Å². The van der Waals surface area contributed by atoms with Crippen LogP contribution in [0.15, 0.2) is 23.2 Å². The van der Waals surface area contributed by atoms with Crippen molar-refractivity contribution in [2.24, 2.45) is 16.6 Å². The van der Waals surface area contributed by atoms with E-state index in [1.165, 1.54) is 24.8 Å². The SMILES string of the molecule is COc1ccc(CCCNC(N)=NCC2CCC2)cc1OC.I. The average molecular weight is 433 g/mol. The molecule has 0 spiro atoms. The Morgan fingerprint density at radius 2 is 2.00 bits per heavy atom. The molecule has 5 nitrogen and oxygen atoms in total. The highest BCUT2D eigenvalue weighted by atomic mass is 127. The van der Waals surface area contributed by atoms with Gasteiger partial charge in [0, 0.05) is 13.1 Å². The second-order valence-electron chi connectivity index (χ2n) is 5.74. The Hall–Kier alpha value is -1.18. The first-order valence-corrected chi connectivity index (χ1v) is 7.97. The molecule has 1 saturated carbocycles. The summed E-state index contributed by atoms with van der Waals surface area (Å²) in [6, 6.07) is 6.03. The summed E-state index contributed by atoms with van der Waals surface area (Å²) in [5.41, 5.74) is 7.09. The summed E-state index contributed by atoms with van der Waals surface area (Å²) in [4.78, 5) is 4.39. The number of halogens is 1. The van der Waals surface area contributed by atoms with Gasteiger partial charge in [0.15, 0.2) is 17.5 Å². The second-order valence-corrected chi connectivity index (χ2v) is 5.74. The molecule has 3 N–H and O–H groups in total. The zero-order valence-electron chi connectivity index (χ0n) is 14.0. The number of aryl methyl sites for hydroxylation is 1. The smallest absolute Gasteiger partial charge is 0.188 e. The third-order valence-electron chi connectivity index (χ3n) is 4.14. The highest BCUT2D eigenvalue weighted by Crippen LogP contribution is 2.28. The van der Waals surface area contributed by atoms with Gasteiger partial charge >= 0.3 is 0 Å². The Morgan fingerprint density at radius 3 is 2.61 bits per heavy atom. The van der Waals surface area contributed by atoms with Crippen LogP contribution < -0.4 is 20.5 Å². The van der Waals surface area contributed by atoms with E-state index in [2.05, 4.69) is 16.4 Å². The molecule has 0 aromatic heterocycles. The topological polar surface area (TPSA) is 68.9 Å². The number of nitrogens with two attached hydrogens (primary N) is 1. The number of nitrogens with zero attached hydrogens (tertiary/aromatic N) is 1. The minimum Gasteiger partial charge on any atom is -0.493 e. The van der Waals surface area contributed by atoms with E-state index in [0.29, 0.717) is 5.96 Å². The van der Waals surface area contributed by atoms with Crippen molar-refractivity contribution < 1.29 is 9.47 Å². The lowest BCUT2D eigenvalue weighted by atomic mass is 9.86. The molecule has 1 aromatic carbocycles. The van der Waals surface area contributed by atoms with Gasteiger partial charge in [0.25, 0.3) is 0 Å². The summed E-state index contributed by atoms with van der Waals surface area (Å²) >= 11 is 0.